The van der Waals surface area contributed by atoms with E-state index in [0.717, 1.165) is 0 Å². The molecule has 0 fully saturated rings. The molecule has 0 radical (unpaired) electrons. The molecule has 1 aliphatic rings. The second kappa shape index (κ2) is 5.91. The zero-order chi connectivity index (χ0) is 15.7. The number of hydrogen-bond acceptors (Lipinski definition) is 5. The molecule has 1 heterocycles. The van der Waals surface area contributed by atoms with Crippen LogP contribution in [0.2, 0.25) is 5.02 Å². The van der Waals surface area contributed by atoms with Gasteiger partial charge in [0.15, 0.2) is 11.9 Å². The normalized spacial score (nSPS) is 16.5. The highest BCUT2D eigenvalue weighted by Gasteiger charge is 2.33. The van der Waals surface area contributed by atoms with E-state index in [-0.39, 0.29) is 46.6 Å². The summed E-state index contributed by atoms with van der Waals surface area (Å²) < 4.78 is 5.31. The summed E-state index contributed by atoms with van der Waals surface area (Å²) in [5.41, 5.74) is 2.18. The van der Waals surface area contributed by atoms with Crippen LogP contribution >= 0.6 is 11.6 Å². The van der Waals surface area contributed by atoms with E-state index in [9.17, 15) is 14.7 Å². The molecule has 7 heteroatoms. The van der Waals surface area contributed by atoms with Crippen LogP contribution in [0.25, 0.3) is 0 Å². The fraction of sp³-hybridized carbons (Fsp3) is 0.429. The molecule has 6 nitrogen and oxygen atoms in total. The number of ketones is 1. The van der Waals surface area contributed by atoms with Gasteiger partial charge in [0.25, 0.3) is 5.91 Å². The number of halogens is 1. The van der Waals surface area contributed by atoms with Crippen LogP contribution < -0.4 is 10.2 Å². The first-order valence-electron chi connectivity index (χ1n) is 6.53. The lowest BCUT2D eigenvalue weighted by molar-refractivity contribution is -0.135. The number of ether oxygens (including phenoxy) is 1. The van der Waals surface area contributed by atoms with Crippen LogP contribution in [0.3, 0.4) is 0 Å². The first kappa shape index (κ1) is 15.6. The molecular formula is C14H16ClNO5. The Labute approximate surface area is 126 Å². The van der Waals surface area contributed by atoms with Crippen molar-refractivity contribution in [3.8, 4) is 11.5 Å². The van der Waals surface area contributed by atoms with Gasteiger partial charge in [-0.15, -0.1) is 0 Å². The highest BCUT2D eigenvalue weighted by Crippen LogP contribution is 2.44. The van der Waals surface area contributed by atoms with Gasteiger partial charge in [0.2, 0.25) is 0 Å². The molecule has 3 N–H and O–H groups in total. The van der Waals surface area contributed by atoms with Crippen LogP contribution in [0.4, 0.5) is 0 Å². The number of benzene rings is 1. The van der Waals surface area contributed by atoms with Gasteiger partial charge in [-0.1, -0.05) is 25.4 Å². The number of hydroxylamine groups is 1. The van der Waals surface area contributed by atoms with E-state index < -0.39 is 12.0 Å². The van der Waals surface area contributed by atoms with Crippen molar-refractivity contribution in [2.75, 3.05) is 0 Å². The number of nitrogens with one attached hydrogen (secondary N) is 1. The molecule has 0 spiro atoms. The molecule has 21 heavy (non-hydrogen) atoms. The molecule has 1 aromatic rings. The molecule has 1 unspecified atom stereocenters. The number of carbonyl (C=O) groups is 2. The van der Waals surface area contributed by atoms with Crippen LogP contribution in [-0.2, 0) is 11.2 Å². The zero-order valence-electron chi connectivity index (χ0n) is 11.6. The number of amides is 1. The smallest absolute Gasteiger partial charge is 0.284 e. The van der Waals surface area contributed by atoms with Crippen molar-refractivity contribution < 1.29 is 24.6 Å². The van der Waals surface area contributed by atoms with Crippen molar-refractivity contribution >= 4 is 23.3 Å². The van der Waals surface area contributed by atoms with E-state index >= 15 is 0 Å². The molecule has 1 aromatic carbocycles. The molecule has 0 aliphatic carbocycles. The third-order valence-corrected chi connectivity index (χ3v) is 3.59. The first-order valence-corrected chi connectivity index (χ1v) is 6.91. The largest absolute Gasteiger partial charge is 0.505 e. The van der Waals surface area contributed by atoms with Crippen molar-refractivity contribution in [2.45, 2.75) is 32.8 Å². The molecule has 0 aromatic heterocycles. The molecule has 0 saturated heterocycles. The molecule has 0 bridgehead atoms. The number of Topliss-reactive ketones (excluding diaryl/α,β-unsaturated/α-hetero) is 1. The number of phenols is 1. The van der Waals surface area contributed by atoms with E-state index in [1.165, 1.54) is 11.5 Å². The predicted octanol–water partition coefficient (Wildman–Crippen LogP) is 2.08. The van der Waals surface area contributed by atoms with Gasteiger partial charge in [-0.25, -0.2) is 5.48 Å². The topological polar surface area (TPSA) is 95.9 Å². The predicted molar refractivity (Wildman–Crippen MR) is 75.0 cm³/mol. The fourth-order valence-corrected chi connectivity index (χ4v) is 2.52. The van der Waals surface area contributed by atoms with Crippen molar-refractivity contribution in [1.82, 2.24) is 5.48 Å². The molecule has 114 valence electrons. The second-order valence-electron chi connectivity index (χ2n) is 5.38. The number of phenolic OH excluding ortho intramolecular Hbond substituents is 1. The maximum absolute atomic E-state index is 12.1. The summed E-state index contributed by atoms with van der Waals surface area (Å²) in [6.07, 6.45) is -0.481. The average Bonchev–Trinajstić information content (AvgIpc) is 2.85. The number of fused-ring (bicyclic) bond motifs is 1. The van der Waals surface area contributed by atoms with E-state index in [0.29, 0.717) is 5.56 Å². The second-order valence-corrected chi connectivity index (χ2v) is 5.76. The Morgan fingerprint density at radius 3 is 2.76 bits per heavy atom. The lowest BCUT2D eigenvalue weighted by Gasteiger charge is -2.11. The van der Waals surface area contributed by atoms with Gasteiger partial charge in [0.05, 0.1) is 5.56 Å². The fourth-order valence-electron chi connectivity index (χ4n) is 2.25. The molecule has 0 saturated carbocycles. The van der Waals surface area contributed by atoms with Crippen molar-refractivity contribution in [2.24, 2.45) is 5.92 Å². The van der Waals surface area contributed by atoms with Crippen LogP contribution in [0, 0.1) is 5.92 Å². The summed E-state index contributed by atoms with van der Waals surface area (Å²) in [6.45, 7) is 3.79. The van der Waals surface area contributed by atoms with Gasteiger partial charge in [-0.3, -0.25) is 14.8 Å². The maximum Gasteiger partial charge on any atom is 0.284 e. The van der Waals surface area contributed by atoms with Gasteiger partial charge in [-0.2, -0.15) is 0 Å². The summed E-state index contributed by atoms with van der Waals surface area (Å²) in [6, 6.07) is 1.49. The summed E-state index contributed by atoms with van der Waals surface area (Å²) in [4.78, 5) is 23.5. The van der Waals surface area contributed by atoms with E-state index in [1.54, 1.807) is 0 Å². The molecule has 1 aliphatic heterocycles. The third-order valence-electron chi connectivity index (χ3n) is 3.23. The van der Waals surface area contributed by atoms with Gasteiger partial charge < -0.3 is 9.84 Å². The number of aromatic hydroxyl groups is 1. The third kappa shape index (κ3) is 2.96. The molecule has 1 atom stereocenters. The lowest BCUT2D eigenvalue weighted by atomic mass is 9.97. The summed E-state index contributed by atoms with van der Waals surface area (Å²) >= 11 is 6.02. The van der Waals surface area contributed by atoms with Gasteiger partial charge in [-0.05, 0) is 12.0 Å². The van der Waals surface area contributed by atoms with Crippen LogP contribution in [0.15, 0.2) is 6.07 Å². The number of rotatable bonds is 4. The summed E-state index contributed by atoms with van der Waals surface area (Å²) in [5, 5.41) is 18.6. The Bertz CT molecular complexity index is 600. The van der Waals surface area contributed by atoms with Crippen LogP contribution in [0.1, 0.15) is 36.2 Å². The quantitative estimate of drug-likeness (QED) is 0.449. The highest BCUT2D eigenvalue weighted by atomic mass is 35.5. The van der Waals surface area contributed by atoms with E-state index in [4.69, 9.17) is 21.5 Å². The van der Waals surface area contributed by atoms with Crippen molar-refractivity contribution in [3.63, 3.8) is 0 Å². The van der Waals surface area contributed by atoms with Gasteiger partial charge >= 0.3 is 0 Å². The first-order chi connectivity index (χ1) is 9.85. The minimum absolute atomic E-state index is 0.0900. The number of hydrogen-bond donors (Lipinski definition) is 3. The Morgan fingerprint density at radius 2 is 2.19 bits per heavy atom. The van der Waals surface area contributed by atoms with Crippen LogP contribution in [-0.4, -0.2) is 28.1 Å². The highest BCUT2D eigenvalue weighted by molar-refractivity contribution is 6.34. The Balaban J connectivity index is 2.36. The summed E-state index contributed by atoms with van der Waals surface area (Å²) in [7, 11) is 0. The van der Waals surface area contributed by atoms with Crippen molar-refractivity contribution in [3.05, 3.63) is 22.2 Å². The van der Waals surface area contributed by atoms with E-state index in [2.05, 4.69) is 0 Å². The maximum atomic E-state index is 12.1. The molecular weight excluding hydrogens is 298 g/mol. The lowest BCUT2D eigenvalue weighted by Crippen LogP contribution is -2.35. The Morgan fingerprint density at radius 1 is 1.52 bits per heavy atom. The Hall–Kier alpha value is -1.79. The van der Waals surface area contributed by atoms with Gasteiger partial charge in [0, 0.05) is 18.4 Å². The average molecular weight is 314 g/mol. The minimum atomic E-state index is -0.933. The Kier molecular flexibility index (Phi) is 4.39. The molecule has 1 amide bonds. The monoisotopic (exact) mass is 313 g/mol. The zero-order valence-corrected chi connectivity index (χ0v) is 12.4. The number of carbonyl (C=O) groups excluding carboxylic acids is 2. The van der Waals surface area contributed by atoms with E-state index in [1.807, 2.05) is 13.8 Å². The standard InChI is InChI=1S/C14H16ClNO5/c1-6(2)3-9(17)8-4-7-5-10(14(19)16-20)21-13(7)11(15)12(8)18/h4,6,10,18,20H,3,5H2,1-2H3,(H,16,19). The van der Waals surface area contributed by atoms with Crippen molar-refractivity contribution in [1.29, 1.82) is 0 Å². The summed E-state index contributed by atoms with van der Waals surface area (Å²) in [5.74, 6) is -0.956. The molecule has 2 rings (SSSR count). The van der Waals surface area contributed by atoms with Gasteiger partial charge in [0.1, 0.15) is 16.5 Å². The van der Waals surface area contributed by atoms with Crippen LogP contribution in [0.5, 0.6) is 11.5 Å². The minimum Gasteiger partial charge on any atom is -0.505 e. The SMILES string of the molecule is CC(C)CC(=O)c1cc2c(c(Cl)c1O)OC(C(=O)NO)C2.